The molecular formula is C23H20N2O3S. The molecule has 4 rings (SSSR count). The van der Waals surface area contributed by atoms with Gasteiger partial charge in [-0.05, 0) is 35.9 Å². The second-order valence-corrected chi connectivity index (χ2v) is 7.42. The molecule has 0 aliphatic rings. The SMILES string of the molecule is COc1ccc(OC)c(C(=O)N(Cc2ccccc2)c2nc3ccccc3s2)c1. The van der Waals surface area contributed by atoms with E-state index in [2.05, 4.69) is 0 Å². The van der Waals surface area contributed by atoms with Crippen molar-refractivity contribution in [3.63, 3.8) is 0 Å². The Morgan fingerprint density at radius 1 is 0.966 bits per heavy atom. The Morgan fingerprint density at radius 2 is 1.72 bits per heavy atom. The number of hydrogen-bond acceptors (Lipinski definition) is 5. The maximum absolute atomic E-state index is 13.6. The third-order valence-corrected chi connectivity index (χ3v) is 5.64. The zero-order valence-electron chi connectivity index (χ0n) is 16.2. The highest BCUT2D eigenvalue weighted by atomic mass is 32.1. The first-order valence-corrected chi connectivity index (χ1v) is 9.94. The number of nitrogens with zero attached hydrogens (tertiary/aromatic N) is 2. The van der Waals surface area contributed by atoms with Crippen LogP contribution in [0.15, 0.2) is 72.8 Å². The molecule has 0 saturated carbocycles. The summed E-state index contributed by atoms with van der Waals surface area (Å²) < 4.78 is 11.8. The fourth-order valence-corrected chi connectivity index (χ4v) is 4.06. The normalized spacial score (nSPS) is 10.7. The molecule has 0 N–H and O–H groups in total. The Labute approximate surface area is 173 Å². The average Bonchev–Trinajstić information content (AvgIpc) is 3.21. The monoisotopic (exact) mass is 404 g/mol. The number of fused-ring (bicyclic) bond motifs is 1. The summed E-state index contributed by atoms with van der Waals surface area (Å²) in [5, 5.41) is 0.643. The first-order chi connectivity index (χ1) is 14.2. The van der Waals surface area contributed by atoms with Crippen molar-refractivity contribution >= 4 is 32.6 Å². The minimum absolute atomic E-state index is 0.191. The Bertz CT molecular complexity index is 1110. The maximum atomic E-state index is 13.6. The molecule has 5 nitrogen and oxygen atoms in total. The second-order valence-electron chi connectivity index (χ2n) is 6.41. The lowest BCUT2D eigenvalue weighted by Gasteiger charge is -2.21. The summed E-state index contributed by atoms with van der Waals surface area (Å²) in [6.45, 7) is 0.403. The van der Waals surface area contributed by atoms with E-state index in [1.165, 1.54) is 11.3 Å². The number of rotatable bonds is 6. The van der Waals surface area contributed by atoms with Gasteiger partial charge in [0.2, 0.25) is 0 Å². The van der Waals surface area contributed by atoms with Crippen LogP contribution >= 0.6 is 11.3 Å². The summed E-state index contributed by atoms with van der Waals surface area (Å²) in [5.41, 5.74) is 2.32. The standard InChI is InChI=1S/C23H20N2O3S/c1-27-17-12-13-20(28-2)18(14-17)22(26)25(15-16-8-4-3-5-9-16)23-24-19-10-6-7-11-21(19)29-23/h3-14H,15H2,1-2H3. The van der Waals surface area contributed by atoms with Crippen molar-refractivity contribution in [2.75, 3.05) is 19.1 Å². The van der Waals surface area contributed by atoms with Crippen LogP contribution in [-0.4, -0.2) is 25.1 Å². The Balaban J connectivity index is 1.80. The van der Waals surface area contributed by atoms with Crippen molar-refractivity contribution in [2.45, 2.75) is 6.54 Å². The van der Waals surface area contributed by atoms with E-state index >= 15 is 0 Å². The number of anilines is 1. The Morgan fingerprint density at radius 3 is 2.45 bits per heavy atom. The van der Waals surface area contributed by atoms with Gasteiger partial charge in [-0.15, -0.1) is 0 Å². The van der Waals surface area contributed by atoms with Crippen LogP contribution in [0.3, 0.4) is 0 Å². The van der Waals surface area contributed by atoms with Gasteiger partial charge >= 0.3 is 0 Å². The number of amides is 1. The van der Waals surface area contributed by atoms with E-state index in [0.717, 1.165) is 15.8 Å². The lowest BCUT2D eigenvalue weighted by molar-refractivity contribution is 0.0982. The van der Waals surface area contributed by atoms with Gasteiger partial charge in [0, 0.05) is 0 Å². The number of aromatic nitrogens is 1. The van der Waals surface area contributed by atoms with Crippen molar-refractivity contribution in [2.24, 2.45) is 0 Å². The summed E-state index contributed by atoms with van der Waals surface area (Å²) in [7, 11) is 3.13. The average molecular weight is 404 g/mol. The summed E-state index contributed by atoms with van der Waals surface area (Å²) >= 11 is 1.49. The first kappa shape index (κ1) is 19.0. The molecule has 6 heteroatoms. The van der Waals surface area contributed by atoms with Crippen LogP contribution in [0.4, 0.5) is 5.13 Å². The predicted octanol–water partition coefficient (Wildman–Crippen LogP) is 5.16. The Hall–Kier alpha value is -3.38. The molecule has 3 aromatic carbocycles. The van der Waals surface area contributed by atoms with E-state index in [1.54, 1.807) is 37.3 Å². The highest BCUT2D eigenvalue weighted by Gasteiger charge is 2.25. The topological polar surface area (TPSA) is 51.7 Å². The van der Waals surface area contributed by atoms with Crippen LogP contribution in [0.25, 0.3) is 10.2 Å². The van der Waals surface area contributed by atoms with Crippen LogP contribution in [0.5, 0.6) is 11.5 Å². The van der Waals surface area contributed by atoms with Gasteiger partial charge in [0.05, 0.1) is 36.5 Å². The van der Waals surface area contributed by atoms with E-state index in [1.807, 2.05) is 54.6 Å². The van der Waals surface area contributed by atoms with Gasteiger partial charge in [0.25, 0.3) is 5.91 Å². The van der Waals surface area contributed by atoms with E-state index in [9.17, 15) is 4.79 Å². The fourth-order valence-electron chi connectivity index (χ4n) is 3.09. The van der Waals surface area contributed by atoms with Crippen LogP contribution in [-0.2, 0) is 6.54 Å². The number of hydrogen-bond donors (Lipinski definition) is 0. The van der Waals surface area contributed by atoms with Gasteiger partial charge in [-0.2, -0.15) is 0 Å². The van der Waals surface area contributed by atoms with Crippen LogP contribution in [0.1, 0.15) is 15.9 Å². The van der Waals surface area contributed by atoms with Crippen LogP contribution in [0.2, 0.25) is 0 Å². The quantitative estimate of drug-likeness (QED) is 0.445. The zero-order valence-corrected chi connectivity index (χ0v) is 17.0. The molecule has 1 aromatic heterocycles. The largest absolute Gasteiger partial charge is 0.497 e. The molecule has 0 fully saturated rings. The Kier molecular flexibility index (Phi) is 5.44. The molecule has 146 valence electrons. The smallest absolute Gasteiger partial charge is 0.264 e. The van der Waals surface area contributed by atoms with E-state index < -0.39 is 0 Å². The molecule has 0 atom stereocenters. The van der Waals surface area contributed by atoms with Crippen molar-refractivity contribution in [3.8, 4) is 11.5 Å². The van der Waals surface area contributed by atoms with E-state index in [-0.39, 0.29) is 5.91 Å². The summed E-state index contributed by atoms with van der Waals surface area (Å²) in [4.78, 5) is 20.0. The third kappa shape index (κ3) is 3.93. The molecule has 0 aliphatic carbocycles. The number of para-hydroxylation sites is 1. The molecule has 0 spiro atoms. The third-order valence-electron chi connectivity index (χ3n) is 4.58. The molecular weight excluding hydrogens is 384 g/mol. The molecule has 0 saturated heterocycles. The number of carbonyl (C=O) groups is 1. The minimum Gasteiger partial charge on any atom is -0.497 e. The predicted molar refractivity (Wildman–Crippen MR) is 116 cm³/mol. The summed E-state index contributed by atoms with van der Waals surface area (Å²) in [6, 6.07) is 23.0. The molecule has 0 aliphatic heterocycles. The summed E-state index contributed by atoms with van der Waals surface area (Å²) in [6.07, 6.45) is 0. The van der Waals surface area contributed by atoms with Gasteiger partial charge in [0.15, 0.2) is 5.13 Å². The molecule has 1 amide bonds. The van der Waals surface area contributed by atoms with Gasteiger partial charge < -0.3 is 9.47 Å². The van der Waals surface area contributed by atoms with Crippen molar-refractivity contribution in [3.05, 3.63) is 83.9 Å². The molecule has 0 radical (unpaired) electrons. The highest BCUT2D eigenvalue weighted by Crippen LogP contribution is 2.33. The van der Waals surface area contributed by atoms with Crippen LogP contribution < -0.4 is 14.4 Å². The van der Waals surface area contributed by atoms with Crippen molar-refractivity contribution in [1.29, 1.82) is 0 Å². The van der Waals surface area contributed by atoms with Gasteiger partial charge in [-0.1, -0.05) is 53.8 Å². The first-order valence-electron chi connectivity index (χ1n) is 9.13. The van der Waals surface area contributed by atoms with Gasteiger partial charge in [-0.3, -0.25) is 9.69 Å². The van der Waals surface area contributed by atoms with Crippen LogP contribution in [0, 0.1) is 0 Å². The molecule has 29 heavy (non-hydrogen) atoms. The number of ether oxygens (including phenoxy) is 2. The van der Waals surface area contributed by atoms with Crippen molar-refractivity contribution < 1.29 is 14.3 Å². The van der Waals surface area contributed by atoms with Crippen molar-refractivity contribution in [1.82, 2.24) is 4.98 Å². The lowest BCUT2D eigenvalue weighted by Crippen LogP contribution is -2.30. The number of benzene rings is 3. The van der Waals surface area contributed by atoms with E-state index in [4.69, 9.17) is 14.5 Å². The highest BCUT2D eigenvalue weighted by molar-refractivity contribution is 7.22. The molecule has 0 unspecified atom stereocenters. The number of carbonyl (C=O) groups excluding carboxylic acids is 1. The lowest BCUT2D eigenvalue weighted by atomic mass is 10.1. The number of thiazole rings is 1. The zero-order chi connectivity index (χ0) is 20.2. The molecule has 0 bridgehead atoms. The van der Waals surface area contributed by atoms with Gasteiger partial charge in [0.1, 0.15) is 11.5 Å². The van der Waals surface area contributed by atoms with Gasteiger partial charge in [-0.25, -0.2) is 4.98 Å². The minimum atomic E-state index is -0.191. The molecule has 1 heterocycles. The van der Waals surface area contributed by atoms with E-state index in [0.29, 0.717) is 28.7 Å². The second kappa shape index (κ2) is 8.32. The fraction of sp³-hybridized carbons (Fsp3) is 0.130. The maximum Gasteiger partial charge on any atom is 0.264 e. The number of methoxy groups -OCH3 is 2. The summed E-state index contributed by atoms with van der Waals surface area (Å²) in [5.74, 6) is 0.900. The molecule has 4 aromatic rings.